The van der Waals surface area contributed by atoms with Crippen LogP contribution in [0.15, 0.2) is 41.3 Å². The number of pyridine rings is 1. The van der Waals surface area contributed by atoms with E-state index in [-0.39, 0.29) is 17.2 Å². The zero-order chi connectivity index (χ0) is 20.8. The summed E-state index contributed by atoms with van der Waals surface area (Å²) >= 11 is 0. The Morgan fingerprint density at radius 2 is 1.79 bits per heavy atom. The average Bonchev–Trinajstić information content (AvgIpc) is 3.01. The highest BCUT2D eigenvalue weighted by atomic mass is 16.5. The first-order chi connectivity index (χ1) is 14.0. The third kappa shape index (κ3) is 4.85. The number of carbonyl (C=O) groups excluding carboxylic acids is 2. The molecule has 1 aliphatic heterocycles. The van der Waals surface area contributed by atoms with E-state index in [2.05, 4.69) is 5.32 Å². The maximum atomic E-state index is 12.9. The molecule has 7 nitrogen and oxygen atoms in total. The number of aryl methyl sites for hydroxylation is 1. The van der Waals surface area contributed by atoms with Crippen LogP contribution in [0.4, 0.5) is 5.69 Å². The SMILES string of the molecule is CCOc1ccccc1C(=O)Nc1cc(C(=O)N2CCCCCC2)cn(C)c1=O. The van der Waals surface area contributed by atoms with Crippen LogP contribution in [-0.2, 0) is 7.05 Å². The lowest BCUT2D eigenvalue weighted by Gasteiger charge is -2.21. The molecule has 0 aliphatic carbocycles. The molecule has 0 atom stereocenters. The predicted molar refractivity (Wildman–Crippen MR) is 112 cm³/mol. The number of likely N-dealkylation sites (tertiary alicyclic amines) is 1. The van der Waals surface area contributed by atoms with Gasteiger partial charge in [0.05, 0.1) is 17.7 Å². The van der Waals surface area contributed by atoms with Crippen molar-refractivity contribution in [1.29, 1.82) is 0 Å². The molecule has 0 unspecified atom stereocenters. The van der Waals surface area contributed by atoms with Crippen LogP contribution in [-0.4, -0.2) is 41.0 Å². The lowest BCUT2D eigenvalue weighted by molar-refractivity contribution is 0.0760. The fraction of sp³-hybridized carbons (Fsp3) is 0.409. The second kappa shape index (κ2) is 9.41. The summed E-state index contributed by atoms with van der Waals surface area (Å²) in [6.45, 7) is 3.68. The monoisotopic (exact) mass is 397 g/mol. The van der Waals surface area contributed by atoms with Gasteiger partial charge in [-0.25, -0.2) is 0 Å². The van der Waals surface area contributed by atoms with Gasteiger partial charge in [0.2, 0.25) is 0 Å². The number of amides is 2. The summed E-state index contributed by atoms with van der Waals surface area (Å²) in [5, 5.41) is 2.65. The predicted octanol–water partition coefficient (Wildman–Crippen LogP) is 3.05. The molecular formula is C22H27N3O4. The number of aromatic nitrogens is 1. The van der Waals surface area contributed by atoms with Gasteiger partial charge in [-0.15, -0.1) is 0 Å². The zero-order valence-electron chi connectivity index (χ0n) is 16.9. The molecule has 1 fully saturated rings. The van der Waals surface area contributed by atoms with Crippen molar-refractivity contribution in [2.75, 3.05) is 25.0 Å². The van der Waals surface area contributed by atoms with Gasteiger partial charge >= 0.3 is 0 Å². The van der Waals surface area contributed by atoms with Crippen LogP contribution in [0.25, 0.3) is 0 Å². The number of nitrogens with one attached hydrogen (secondary N) is 1. The van der Waals surface area contributed by atoms with E-state index in [0.29, 0.717) is 36.6 Å². The van der Waals surface area contributed by atoms with Crippen molar-refractivity contribution in [2.24, 2.45) is 7.05 Å². The molecule has 2 amide bonds. The van der Waals surface area contributed by atoms with Crippen molar-refractivity contribution in [3.05, 3.63) is 58.0 Å². The van der Waals surface area contributed by atoms with Crippen LogP contribution in [0.5, 0.6) is 5.75 Å². The molecule has 0 bridgehead atoms. The molecule has 1 aliphatic rings. The van der Waals surface area contributed by atoms with Gasteiger partial charge < -0.3 is 19.5 Å². The normalized spacial score (nSPS) is 14.2. The number of benzene rings is 1. The van der Waals surface area contributed by atoms with E-state index in [1.54, 1.807) is 31.3 Å². The molecule has 7 heteroatoms. The highest BCUT2D eigenvalue weighted by Gasteiger charge is 2.20. The van der Waals surface area contributed by atoms with Gasteiger partial charge in [-0.1, -0.05) is 25.0 Å². The molecule has 0 saturated carbocycles. The first-order valence-electron chi connectivity index (χ1n) is 10.0. The molecule has 2 aromatic rings. The minimum Gasteiger partial charge on any atom is -0.493 e. The molecule has 2 heterocycles. The highest BCUT2D eigenvalue weighted by Crippen LogP contribution is 2.20. The van der Waals surface area contributed by atoms with E-state index < -0.39 is 5.91 Å². The third-order valence-corrected chi connectivity index (χ3v) is 5.00. The molecule has 29 heavy (non-hydrogen) atoms. The number of anilines is 1. The standard InChI is InChI=1S/C22H27N3O4/c1-3-29-19-11-7-6-10-17(19)20(26)23-18-14-16(15-24(2)22(18)28)21(27)25-12-8-4-5-9-13-25/h6-7,10-11,14-15H,3-5,8-9,12-13H2,1-2H3,(H,23,26). The first-order valence-corrected chi connectivity index (χ1v) is 10.0. The molecular weight excluding hydrogens is 370 g/mol. The van der Waals surface area contributed by atoms with E-state index in [1.165, 1.54) is 16.8 Å². The fourth-order valence-corrected chi connectivity index (χ4v) is 3.50. The first kappa shape index (κ1) is 20.6. The molecule has 1 aromatic carbocycles. The van der Waals surface area contributed by atoms with Crippen LogP contribution in [0.2, 0.25) is 0 Å². The number of hydrogen-bond donors (Lipinski definition) is 1. The summed E-state index contributed by atoms with van der Waals surface area (Å²) in [6, 6.07) is 8.32. The van der Waals surface area contributed by atoms with Crippen molar-refractivity contribution in [1.82, 2.24) is 9.47 Å². The number of para-hydroxylation sites is 1. The second-order valence-corrected chi connectivity index (χ2v) is 7.15. The van der Waals surface area contributed by atoms with Gasteiger partial charge in [-0.2, -0.15) is 0 Å². The number of carbonyl (C=O) groups is 2. The fourth-order valence-electron chi connectivity index (χ4n) is 3.50. The van der Waals surface area contributed by atoms with E-state index in [4.69, 9.17) is 4.74 Å². The lowest BCUT2D eigenvalue weighted by Crippen LogP contribution is -2.33. The van der Waals surface area contributed by atoms with Crippen molar-refractivity contribution in [2.45, 2.75) is 32.6 Å². The minimum atomic E-state index is -0.453. The molecule has 1 saturated heterocycles. The Morgan fingerprint density at radius 1 is 1.10 bits per heavy atom. The third-order valence-electron chi connectivity index (χ3n) is 5.00. The highest BCUT2D eigenvalue weighted by molar-refractivity contribution is 6.06. The van der Waals surface area contributed by atoms with Crippen molar-refractivity contribution in [3.8, 4) is 5.75 Å². The van der Waals surface area contributed by atoms with Gasteiger partial charge in [-0.3, -0.25) is 14.4 Å². The Morgan fingerprint density at radius 3 is 2.48 bits per heavy atom. The van der Waals surface area contributed by atoms with E-state index >= 15 is 0 Å². The molecule has 1 aromatic heterocycles. The summed E-state index contributed by atoms with van der Waals surface area (Å²) in [5.74, 6) is -0.126. The average molecular weight is 397 g/mol. The summed E-state index contributed by atoms with van der Waals surface area (Å²) in [4.78, 5) is 40.1. The van der Waals surface area contributed by atoms with Gasteiger partial charge in [0.25, 0.3) is 17.4 Å². The summed E-state index contributed by atoms with van der Waals surface area (Å²) in [7, 11) is 1.57. The second-order valence-electron chi connectivity index (χ2n) is 7.15. The zero-order valence-corrected chi connectivity index (χ0v) is 16.9. The van der Waals surface area contributed by atoms with Crippen LogP contribution in [0.3, 0.4) is 0 Å². The van der Waals surface area contributed by atoms with Crippen molar-refractivity contribution in [3.63, 3.8) is 0 Å². The van der Waals surface area contributed by atoms with Crippen LogP contribution in [0, 0.1) is 0 Å². The largest absolute Gasteiger partial charge is 0.493 e. The Hall–Kier alpha value is -3.09. The smallest absolute Gasteiger partial charge is 0.274 e. The molecule has 3 rings (SSSR count). The van der Waals surface area contributed by atoms with Crippen molar-refractivity contribution >= 4 is 17.5 Å². The Bertz CT molecular complexity index is 943. The molecule has 154 valence electrons. The molecule has 1 N–H and O–H groups in total. The quantitative estimate of drug-likeness (QED) is 0.841. The van der Waals surface area contributed by atoms with Crippen molar-refractivity contribution < 1.29 is 14.3 Å². The van der Waals surface area contributed by atoms with E-state index in [9.17, 15) is 14.4 Å². The summed E-state index contributed by atoms with van der Waals surface area (Å²) < 4.78 is 6.83. The maximum Gasteiger partial charge on any atom is 0.274 e. The Labute approximate surface area is 170 Å². The van der Waals surface area contributed by atoms with Crippen LogP contribution >= 0.6 is 0 Å². The minimum absolute atomic E-state index is 0.0736. The Balaban J connectivity index is 1.87. The molecule has 0 radical (unpaired) electrons. The summed E-state index contributed by atoms with van der Waals surface area (Å²) in [6.07, 6.45) is 5.74. The number of rotatable bonds is 5. The maximum absolute atomic E-state index is 12.9. The van der Waals surface area contributed by atoms with Crippen LogP contribution < -0.4 is 15.6 Å². The number of hydrogen-bond acceptors (Lipinski definition) is 4. The summed E-state index contributed by atoms with van der Waals surface area (Å²) in [5.41, 5.74) is 0.423. The number of ether oxygens (including phenoxy) is 1. The van der Waals surface area contributed by atoms with Gasteiger partial charge in [0.15, 0.2) is 0 Å². The van der Waals surface area contributed by atoms with Gasteiger partial charge in [-0.05, 0) is 38.0 Å². The van der Waals surface area contributed by atoms with E-state index in [0.717, 1.165) is 25.7 Å². The van der Waals surface area contributed by atoms with Gasteiger partial charge in [0, 0.05) is 26.3 Å². The van der Waals surface area contributed by atoms with Crippen LogP contribution in [0.1, 0.15) is 53.3 Å². The van der Waals surface area contributed by atoms with E-state index in [1.807, 2.05) is 11.8 Å². The Kier molecular flexibility index (Phi) is 6.69. The lowest BCUT2D eigenvalue weighted by atomic mass is 10.1. The molecule has 0 spiro atoms. The van der Waals surface area contributed by atoms with Gasteiger partial charge in [0.1, 0.15) is 11.4 Å². The topological polar surface area (TPSA) is 80.6 Å². The number of nitrogens with zero attached hydrogens (tertiary/aromatic N) is 2.